The van der Waals surface area contributed by atoms with Gasteiger partial charge >= 0.3 is 0 Å². The van der Waals surface area contributed by atoms with Gasteiger partial charge in [-0.2, -0.15) is 0 Å². The summed E-state index contributed by atoms with van der Waals surface area (Å²) in [4.78, 5) is 12.5. The predicted octanol–water partition coefficient (Wildman–Crippen LogP) is 4.78. The molecule has 0 saturated heterocycles. The molecule has 2 aliphatic rings. The number of benzene rings is 2. The van der Waals surface area contributed by atoms with Crippen LogP contribution in [-0.2, 0) is 11.8 Å². The maximum absolute atomic E-state index is 13.2. The van der Waals surface area contributed by atoms with E-state index in [-0.39, 0.29) is 17.5 Å². The third-order valence-electron chi connectivity index (χ3n) is 5.70. The zero-order chi connectivity index (χ0) is 22.1. The monoisotopic (exact) mass is 454 g/mol. The Morgan fingerprint density at radius 2 is 1.84 bits per heavy atom. The van der Waals surface area contributed by atoms with Gasteiger partial charge in [-0.15, -0.1) is 10.2 Å². The van der Waals surface area contributed by atoms with E-state index >= 15 is 0 Å². The highest BCUT2D eigenvalue weighted by Gasteiger charge is 2.42. The van der Waals surface area contributed by atoms with E-state index in [9.17, 15) is 9.18 Å². The number of fused-ring (bicyclic) bond motifs is 1. The quantitative estimate of drug-likeness (QED) is 0.559. The lowest BCUT2D eigenvalue weighted by Crippen LogP contribution is -2.40. The van der Waals surface area contributed by atoms with Crippen LogP contribution in [0.5, 0.6) is 11.5 Å². The molecule has 1 spiro atoms. The van der Waals surface area contributed by atoms with Crippen molar-refractivity contribution >= 4 is 23.4 Å². The Morgan fingerprint density at radius 3 is 2.62 bits per heavy atom. The number of hydrogen-bond acceptors (Lipinski definition) is 6. The van der Waals surface area contributed by atoms with Crippen molar-refractivity contribution in [2.24, 2.45) is 7.05 Å². The number of thioether (sulfide) groups is 1. The molecule has 1 aliphatic heterocycles. The first kappa shape index (κ1) is 20.8. The van der Waals surface area contributed by atoms with E-state index in [2.05, 4.69) is 15.5 Å². The van der Waals surface area contributed by atoms with Crippen molar-refractivity contribution in [2.45, 2.75) is 43.0 Å². The summed E-state index contributed by atoms with van der Waals surface area (Å²) in [5.74, 6) is 1.19. The van der Waals surface area contributed by atoms with E-state index in [0.29, 0.717) is 22.4 Å². The number of hydrogen-bond donors (Lipinski definition) is 1. The van der Waals surface area contributed by atoms with Crippen LogP contribution in [-0.4, -0.2) is 32.2 Å². The first-order chi connectivity index (χ1) is 15.5. The summed E-state index contributed by atoms with van der Waals surface area (Å²) in [6, 6.07) is 11.5. The van der Waals surface area contributed by atoms with Crippen LogP contribution in [0.15, 0.2) is 47.6 Å². The van der Waals surface area contributed by atoms with Gasteiger partial charge in [0.2, 0.25) is 5.91 Å². The highest BCUT2D eigenvalue weighted by atomic mass is 32.2. The van der Waals surface area contributed by atoms with Crippen molar-refractivity contribution in [3.05, 3.63) is 48.3 Å². The molecule has 1 aromatic heterocycles. The van der Waals surface area contributed by atoms with Crippen LogP contribution in [0.4, 0.5) is 10.1 Å². The highest BCUT2D eigenvalue weighted by Crippen LogP contribution is 2.46. The molecular weight excluding hydrogens is 431 g/mol. The van der Waals surface area contributed by atoms with E-state index in [0.717, 1.165) is 37.0 Å². The van der Waals surface area contributed by atoms with Crippen LogP contribution in [0.1, 0.15) is 32.1 Å². The van der Waals surface area contributed by atoms with Gasteiger partial charge in [0.25, 0.3) is 5.79 Å². The summed E-state index contributed by atoms with van der Waals surface area (Å²) in [6.07, 6.45) is 5.18. The molecule has 0 radical (unpaired) electrons. The van der Waals surface area contributed by atoms with Gasteiger partial charge < -0.3 is 19.4 Å². The van der Waals surface area contributed by atoms with Gasteiger partial charge in [0.1, 0.15) is 5.82 Å². The van der Waals surface area contributed by atoms with E-state index in [1.807, 2.05) is 25.2 Å². The van der Waals surface area contributed by atoms with Crippen molar-refractivity contribution in [1.82, 2.24) is 14.8 Å². The molecule has 2 aromatic carbocycles. The number of nitrogens with one attached hydrogen (secondary N) is 1. The smallest absolute Gasteiger partial charge is 0.251 e. The summed E-state index contributed by atoms with van der Waals surface area (Å²) in [5, 5.41) is 11.8. The fourth-order valence-corrected chi connectivity index (χ4v) is 4.80. The number of anilines is 1. The van der Waals surface area contributed by atoms with Crippen LogP contribution >= 0.6 is 11.8 Å². The summed E-state index contributed by atoms with van der Waals surface area (Å²) in [7, 11) is 1.82. The molecule has 1 fully saturated rings. The maximum atomic E-state index is 13.2. The standard InChI is InChI=1S/C23H23FN4O3S/c1-28-21(15-5-7-16(24)8-6-15)26-27-22(28)32-14-20(29)25-17-9-10-18-19(13-17)31-23(30-18)11-3-2-4-12-23/h5-10,13H,2-4,11-12,14H2,1H3,(H,25,29). The summed E-state index contributed by atoms with van der Waals surface area (Å²) in [5.41, 5.74) is 1.42. The second-order valence-electron chi connectivity index (χ2n) is 8.05. The average molecular weight is 455 g/mol. The lowest BCUT2D eigenvalue weighted by molar-refractivity contribution is -0.113. The van der Waals surface area contributed by atoms with Crippen LogP contribution in [0.25, 0.3) is 11.4 Å². The minimum Gasteiger partial charge on any atom is -0.448 e. The largest absolute Gasteiger partial charge is 0.448 e. The van der Waals surface area contributed by atoms with Crippen molar-refractivity contribution in [3.8, 4) is 22.9 Å². The molecule has 7 nitrogen and oxygen atoms in total. The number of amides is 1. The molecule has 5 rings (SSSR count). The lowest BCUT2D eigenvalue weighted by Gasteiger charge is -2.31. The Morgan fingerprint density at radius 1 is 1.09 bits per heavy atom. The molecular formula is C23H23FN4O3S. The molecule has 1 saturated carbocycles. The zero-order valence-corrected chi connectivity index (χ0v) is 18.5. The van der Waals surface area contributed by atoms with Gasteiger partial charge in [-0.25, -0.2) is 4.39 Å². The van der Waals surface area contributed by atoms with E-state index < -0.39 is 5.79 Å². The Kier molecular flexibility index (Phi) is 5.50. The second kappa shape index (κ2) is 8.46. The van der Waals surface area contributed by atoms with Gasteiger partial charge in [0.05, 0.1) is 5.75 Å². The number of aromatic nitrogens is 3. The SMILES string of the molecule is Cn1c(SCC(=O)Nc2ccc3c(c2)OC2(CCCCC2)O3)nnc1-c1ccc(F)cc1. The first-order valence-electron chi connectivity index (χ1n) is 10.6. The molecule has 166 valence electrons. The van der Waals surface area contributed by atoms with Gasteiger partial charge in [0, 0.05) is 37.2 Å². The Balaban J connectivity index is 1.20. The molecule has 0 bridgehead atoms. The Labute approximate surface area is 189 Å². The van der Waals surface area contributed by atoms with Crippen molar-refractivity contribution in [3.63, 3.8) is 0 Å². The first-order valence-corrected chi connectivity index (χ1v) is 11.6. The molecule has 1 aliphatic carbocycles. The fourth-order valence-electron chi connectivity index (χ4n) is 4.08. The number of rotatable bonds is 5. The fraction of sp³-hybridized carbons (Fsp3) is 0.348. The zero-order valence-electron chi connectivity index (χ0n) is 17.6. The van der Waals surface area contributed by atoms with E-state index in [1.165, 1.54) is 30.3 Å². The Hall–Kier alpha value is -3.07. The van der Waals surface area contributed by atoms with Crippen molar-refractivity contribution < 1.29 is 18.7 Å². The number of halogens is 1. The summed E-state index contributed by atoms with van der Waals surface area (Å²) in [6.45, 7) is 0. The molecule has 3 aromatic rings. The molecule has 1 N–H and O–H groups in total. The van der Waals surface area contributed by atoms with Crippen LogP contribution in [0.2, 0.25) is 0 Å². The molecule has 1 amide bonds. The third kappa shape index (κ3) is 4.17. The van der Waals surface area contributed by atoms with Gasteiger partial charge in [-0.1, -0.05) is 18.2 Å². The predicted molar refractivity (Wildman–Crippen MR) is 119 cm³/mol. The van der Waals surface area contributed by atoms with Crippen LogP contribution in [0, 0.1) is 5.82 Å². The van der Waals surface area contributed by atoms with Crippen molar-refractivity contribution in [2.75, 3.05) is 11.1 Å². The molecule has 32 heavy (non-hydrogen) atoms. The van der Waals surface area contributed by atoms with Gasteiger partial charge in [0.15, 0.2) is 22.5 Å². The minimum absolute atomic E-state index is 0.160. The molecule has 0 unspecified atom stereocenters. The third-order valence-corrected chi connectivity index (χ3v) is 6.72. The van der Waals surface area contributed by atoms with Crippen LogP contribution in [0.3, 0.4) is 0 Å². The number of carbonyl (C=O) groups is 1. The number of carbonyl (C=O) groups excluding carboxylic acids is 1. The van der Waals surface area contributed by atoms with Crippen LogP contribution < -0.4 is 14.8 Å². The highest BCUT2D eigenvalue weighted by molar-refractivity contribution is 7.99. The number of nitrogens with zero attached hydrogens (tertiary/aromatic N) is 3. The molecule has 2 heterocycles. The topological polar surface area (TPSA) is 78.3 Å². The Bertz CT molecular complexity index is 1140. The maximum Gasteiger partial charge on any atom is 0.251 e. The van der Waals surface area contributed by atoms with Gasteiger partial charge in [-0.05, 0) is 49.2 Å². The molecule has 9 heteroatoms. The summed E-state index contributed by atoms with van der Waals surface area (Å²) >= 11 is 1.28. The normalized spacial score (nSPS) is 16.3. The number of ether oxygens (including phenoxy) is 2. The molecule has 0 atom stereocenters. The summed E-state index contributed by atoms with van der Waals surface area (Å²) < 4.78 is 27.2. The van der Waals surface area contributed by atoms with Crippen molar-refractivity contribution in [1.29, 1.82) is 0 Å². The lowest BCUT2D eigenvalue weighted by atomic mass is 9.94. The van der Waals surface area contributed by atoms with Gasteiger partial charge in [-0.3, -0.25) is 4.79 Å². The average Bonchev–Trinajstić information content (AvgIpc) is 3.32. The van der Waals surface area contributed by atoms with E-state index in [1.54, 1.807) is 16.7 Å². The second-order valence-corrected chi connectivity index (χ2v) is 8.99. The minimum atomic E-state index is -0.535. The van der Waals surface area contributed by atoms with E-state index in [4.69, 9.17) is 9.47 Å².